The summed E-state index contributed by atoms with van der Waals surface area (Å²) in [6.07, 6.45) is 3.11. The Morgan fingerprint density at radius 1 is 1.43 bits per heavy atom. The predicted molar refractivity (Wildman–Crippen MR) is 86.0 cm³/mol. The van der Waals surface area contributed by atoms with E-state index in [1.165, 1.54) is 0 Å². The lowest BCUT2D eigenvalue weighted by Crippen LogP contribution is -2.26. The molecule has 0 unspecified atom stereocenters. The van der Waals surface area contributed by atoms with Crippen molar-refractivity contribution < 1.29 is 4.79 Å². The van der Waals surface area contributed by atoms with E-state index < -0.39 is 0 Å². The molecule has 2 aromatic rings. The van der Waals surface area contributed by atoms with Crippen LogP contribution in [0.1, 0.15) is 25.1 Å². The van der Waals surface area contributed by atoms with Crippen molar-refractivity contribution in [3.63, 3.8) is 0 Å². The predicted octanol–water partition coefficient (Wildman–Crippen LogP) is 1.53. The first kappa shape index (κ1) is 14.0. The largest absolute Gasteiger partial charge is 0.393 e. The van der Waals surface area contributed by atoms with Crippen LogP contribution in [0, 0.1) is 0 Å². The van der Waals surface area contributed by atoms with Gasteiger partial charge in [-0.3, -0.25) is 4.79 Å². The Bertz CT molecular complexity index is 690. The molecule has 1 aliphatic carbocycles. The summed E-state index contributed by atoms with van der Waals surface area (Å²) in [6, 6.07) is 8.27. The van der Waals surface area contributed by atoms with E-state index in [1.807, 2.05) is 28.8 Å². The summed E-state index contributed by atoms with van der Waals surface area (Å²) >= 11 is 4.99. The first-order valence-electron chi connectivity index (χ1n) is 7.15. The van der Waals surface area contributed by atoms with E-state index in [0.717, 1.165) is 29.7 Å². The first-order valence-corrected chi connectivity index (χ1v) is 7.56. The lowest BCUT2D eigenvalue weighted by atomic mass is 10.3. The van der Waals surface area contributed by atoms with Gasteiger partial charge in [0.15, 0.2) is 0 Å². The standard InChI is InChI=1S/C15H18N4OS/c16-13(21)9-14-18-11-3-1-2-4-12(11)19(14)8-7-15(20)17-10-5-6-10/h1-4,10H,5-9H2,(H2,16,21)(H,17,20). The Labute approximate surface area is 128 Å². The van der Waals surface area contributed by atoms with E-state index in [4.69, 9.17) is 18.0 Å². The molecule has 5 nitrogen and oxygen atoms in total. The second-order valence-electron chi connectivity index (χ2n) is 5.40. The van der Waals surface area contributed by atoms with E-state index in [9.17, 15) is 4.79 Å². The molecular formula is C15H18N4OS. The quantitative estimate of drug-likeness (QED) is 0.794. The third kappa shape index (κ3) is 3.39. The smallest absolute Gasteiger partial charge is 0.222 e. The highest BCUT2D eigenvalue weighted by atomic mass is 32.1. The Hall–Kier alpha value is -1.95. The van der Waals surface area contributed by atoms with Gasteiger partial charge in [0, 0.05) is 19.0 Å². The van der Waals surface area contributed by atoms with Gasteiger partial charge in [0.05, 0.1) is 22.4 Å². The van der Waals surface area contributed by atoms with Crippen molar-refractivity contribution in [2.45, 2.75) is 38.3 Å². The van der Waals surface area contributed by atoms with Gasteiger partial charge in [-0.1, -0.05) is 24.4 Å². The molecule has 6 heteroatoms. The SMILES string of the molecule is NC(=S)Cc1nc2ccccc2n1CCC(=O)NC1CC1. The summed E-state index contributed by atoms with van der Waals surface area (Å²) in [4.78, 5) is 16.8. The summed E-state index contributed by atoms with van der Waals surface area (Å²) < 4.78 is 2.04. The zero-order valence-electron chi connectivity index (χ0n) is 11.7. The zero-order valence-corrected chi connectivity index (χ0v) is 12.5. The fraction of sp³-hybridized carbons (Fsp3) is 0.400. The molecular weight excluding hydrogens is 284 g/mol. The van der Waals surface area contributed by atoms with Gasteiger partial charge in [-0.05, 0) is 25.0 Å². The molecule has 1 aliphatic rings. The van der Waals surface area contributed by atoms with Crippen LogP contribution in [0.4, 0.5) is 0 Å². The highest BCUT2D eigenvalue weighted by Gasteiger charge is 2.23. The van der Waals surface area contributed by atoms with Crippen LogP contribution in [0.2, 0.25) is 0 Å². The number of thiocarbonyl (C=S) groups is 1. The number of carbonyl (C=O) groups excluding carboxylic acids is 1. The molecule has 3 N–H and O–H groups in total. The molecule has 0 radical (unpaired) electrons. The number of benzene rings is 1. The number of hydrogen-bond acceptors (Lipinski definition) is 3. The number of nitrogens with two attached hydrogens (primary N) is 1. The summed E-state index contributed by atoms with van der Waals surface area (Å²) in [5.74, 6) is 0.916. The first-order chi connectivity index (χ1) is 10.1. The molecule has 0 saturated heterocycles. The third-order valence-corrected chi connectivity index (χ3v) is 3.72. The van der Waals surface area contributed by atoms with Crippen molar-refractivity contribution >= 4 is 34.1 Å². The van der Waals surface area contributed by atoms with Crippen LogP contribution < -0.4 is 11.1 Å². The molecule has 0 aliphatic heterocycles. The van der Waals surface area contributed by atoms with Crippen LogP contribution in [-0.2, 0) is 17.8 Å². The molecule has 1 fully saturated rings. The van der Waals surface area contributed by atoms with Crippen molar-refractivity contribution in [3.8, 4) is 0 Å². The second kappa shape index (κ2) is 5.81. The second-order valence-corrected chi connectivity index (χ2v) is 5.93. The molecule has 110 valence electrons. The minimum Gasteiger partial charge on any atom is -0.393 e. The van der Waals surface area contributed by atoms with Crippen molar-refractivity contribution in [3.05, 3.63) is 30.1 Å². The van der Waals surface area contributed by atoms with Crippen LogP contribution in [-0.4, -0.2) is 26.5 Å². The number of amides is 1. The van der Waals surface area contributed by atoms with Gasteiger partial charge in [-0.15, -0.1) is 0 Å². The van der Waals surface area contributed by atoms with Gasteiger partial charge in [0.25, 0.3) is 0 Å². The number of fused-ring (bicyclic) bond motifs is 1. The van der Waals surface area contributed by atoms with Crippen molar-refractivity contribution in [2.24, 2.45) is 5.73 Å². The van der Waals surface area contributed by atoms with Crippen molar-refractivity contribution in [2.75, 3.05) is 0 Å². The number of carbonyl (C=O) groups is 1. The molecule has 0 atom stereocenters. The van der Waals surface area contributed by atoms with Crippen molar-refractivity contribution in [1.29, 1.82) is 0 Å². The van der Waals surface area contributed by atoms with Crippen LogP contribution in [0.3, 0.4) is 0 Å². The summed E-state index contributed by atoms with van der Waals surface area (Å²) in [5.41, 5.74) is 7.57. The number of hydrogen-bond donors (Lipinski definition) is 2. The van der Waals surface area contributed by atoms with Gasteiger partial charge in [-0.2, -0.15) is 0 Å². The highest BCUT2D eigenvalue weighted by molar-refractivity contribution is 7.80. The zero-order chi connectivity index (χ0) is 14.8. The molecule has 0 bridgehead atoms. The maximum atomic E-state index is 11.9. The third-order valence-electron chi connectivity index (χ3n) is 3.57. The van der Waals surface area contributed by atoms with E-state index in [2.05, 4.69) is 10.3 Å². The number of nitrogens with one attached hydrogen (secondary N) is 1. The van der Waals surface area contributed by atoms with Crippen molar-refractivity contribution in [1.82, 2.24) is 14.9 Å². The molecule has 1 aromatic carbocycles. The Kier molecular flexibility index (Phi) is 3.88. The lowest BCUT2D eigenvalue weighted by Gasteiger charge is -2.09. The molecule has 21 heavy (non-hydrogen) atoms. The van der Waals surface area contributed by atoms with Gasteiger partial charge in [-0.25, -0.2) is 4.98 Å². The maximum Gasteiger partial charge on any atom is 0.222 e. The van der Waals surface area contributed by atoms with Crippen LogP contribution >= 0.6 is 12.2 Å². The Balaban J connectivity index is 1.80. The van der Waals surface area contributed by atoms with E-state index in [-0.39, 0.29) is 5.91 Å². The van der Waals surface area contributed by atoms with E-state index >= 15 is 0 Å². The molecule has 1 aromatic heterocycles. The van der Waals surface area contributed by atoms with Gasteiger partial charge < -0.3 is 15.6 Å². The molecule has 0 spiro atoms. The number of para-hydroxylation sites is 2. The minimum atomic E-state index is 0.0940. The number of rotatable bonds is 6. The summed E-state index contributed by atoms with van der Waals surface area (Å²) in [6.45, 7) is 0.594. The highest BCUT2D eigenvalue weighted by Crippen LogP contribution is 2.20. The van der Waals surface area contributed by atoms with Crippen LogP contribution in [0.5, 0.6) is 0 Å². The molecule has 1 saturated carbocycles. The fourth-order valence-electron chi connectivity index (χ4n) is 2.41. The van der Waals surface area contributed by atoms with Gasteiger partial charge in [0.1, 0.15) is 5.82 Å². The number of nitrogens with zero attached hydrogens (tertiary/aromatic N) is 2. The Morgan fingerprint density at radius 3 is 2.90 bits per heavy atom. The summed E-state index contributed by atoms with van der Waals surface area (Å²) in [5, 5.41) is 3.00. The van der Waals surface area contributed by atoms with Gasteiger partial charge >= 0.3 is 0 Å². The topological polar surface area (TPSA) is 72.9 Å². The average molecular weight is 302 g/mol. The monoisotopic (exact) mass is 302 g/mol. The molecule has 1 heterocycles. The lowest BCUT2D eigenvalue weighted by molar-refractivity contribution is -0.121. The molecule has 1 amide bonds. The Morgan fingerprint density at radius 2 is 2.19 bits per heavy atom. The average Bonchev–Trinajstić information content (AvgIpc) is 3.17. The van der Waals surface area contributed by atoms with Gasteiger partial charge in [0.2, 0.25) is 5.91 Å². The normalized spacial score (nSPS) is 14.3. The van der Waals surface area contributed by atoms with Crippen LogP contribution in [0.25, 0.3) is 11.0 Å². The number of imidazole rings is 1. The van der Waals surface area contributed by atoms with E-state index in [0.29, 0.717) is 30.4 Å². The van der Waals surface area contributed by atoms with E-state index in [1.54, 1.807) is 0 Å². The van der Waals surface area contributed by atoms with Crippen LogP contribution in [0.15, 0.2) is 24.3 Å². The minimum absolute atomic E-state index is 0.0940. The number of aromatic nitrogens is 2. The number of aryl methyl sites for hydroxylation is 1. The fourth-order valence-corrected chi connectivity index (χ4v) is 2.54. The molecule has 3 rings (SSSR count). The summed E-state index contributed by atoms with van der Waals surface area (Å²) in [7, 11) is 0. The maximum absolute atomic E-state index is 11.9.